The fourth-order valence-corrected chi connectivity index (χ4v) is 2.05. The molecule has 98 valence electrons. The Balaban J connectivity index is 2.10. The molecule has 0 unspecified atom stereocenters. The van der Waals surface area contributed by atoms with Gasteiger partial charge in [-0.25, -0.2) is 4.98 Å². The van der Waals surface area contributed by atoms with Crippen molar-refractivity contribution >= 4 is 22.4 Å². The van der Waals surface area contributed by atoms with Gasteiger partial charge in [-0.3, -0.25) is 0 Å². The molecule has 1 aromatic heterocycles. The summed E-state index contributed by atoms with van der Waals surface area (Å²) in [5, 5.41) is 21.3. The van der Waals surface area contributed by atoms with Gasteiger partial charge in [0.2, 0.25) is 0 Å². The third-order valence-corrected chi connectivity index (χ3v) is 3.11. The lowest BCUT2D eigenvalue weighted by molar-refractivity contribution is 0.458. The van der Waals surface area contributed by atoms with Gasteiger partial charge in [-0.2, -0.15) is 0 Å². The van der Waals surface area contributed by atoms with Crippen molar-refractivity contribution in [3.8, 4) is 0 Å². The van der Waals surface area contributed by atoms with Crippen LogP contribution in [0.5, 0.6) is 0 Å². The molecule has 1 heterocycles. The highest BCUT2D eigenvalue weighted by atomic mass is 16.3. The number of aliphatic hydroxyl groups excluding tert-OH is 2. The molecule has 0 atom stereocenters. The van der Waals surface area contributed by atoms with E-state index in [-0.39, 0.29) is 11.5 Å². The molecule has 0 saturated heterocycles. The second-order valence-corrected chi connectivity index (χ2v) is 4.45. The van der Waals surface area contributed by atoms with E-state index in [2.05, 4.69) is 4.98 Å². The SMILES string of the molecule is OC(=C(O)c1ccc2ccccc2n1)c1ccccc1. The summed E-state index contributed by atoms with van der Waals surface area (Å²) < 4.78 is 0. The quantitative estimate of drug-likeness (QED) is 0.682. The summed E-state index contributed by atoms with van der Waals surface area (Å²) in [6.45, 7) is 0. The van der Waals surface area contributed by atoms with Crippen LogP contribution in [0.2, 0.25) is 0 Å². The van der Waals surface area contributed by atoms with Crippen molar-refractivity contribution in [1.29, 1.82) is 0 Å². The molecule has 0 aliphatic carbocycles. The minimum absolute atomic E-state index is 0.173. The molecule has 3 heteroatoms. The third-order valence-electron chi connectivity index (χ3n) is 3.11. The lowest BCUT2D eigenvalue weighted by Gasteiger charge is -2.06. The summed E-state index contributed by atoms with van der Waals surface area (Å²) in [5.74, 6) is -0.393. The number of hydrogen-bond acceptors (Lipinski definition) is 3. The smallest absolute Gasteiger partial charge is 0.184 e. The Morgan fingerprint density at radius 1 is 0.700 bits per heavy atom. The third kappa shape index (κ3) is 2.21. The molecule has 0 bridgehead atoms. The summed E-state index contributed by atoms with van der Waals surface area (Å²) in [4.78, 5) is 4.35. The molecular weight excluding hydrogens is 250 g/mol. The van der Waals surface area contributed by atoms with Crippen LogP contribution in [0, 0.1) is 0 Å². The lowest BCUT2D eigenvalue weighted by atomic mass is 10.1. The van der Waals surface area contributed by atoms with Crippen molar-refractivity contribution in [3.63, 3.8) is 0 Å². The number of benzene rings is 2. The van der Waals surface area contributed by atoms with E-state index in [4.69, 9.17) is 0 Å². The van der Waals surface area contributed by atoms with Crippen molar-refractivity contribution in [1.82, 2.24) is 4.98 Å². The van der Waals surface area contributed by atoms with Crippen molar-refractivity contribution < 1.29 is 10.2 Å². The average Bonchev–Trinajstić information content (AvgIpc) is 2.54. The minimum Gasteiger partial charge on any atom is -0.504 e. The molecule has 0 aliphatic rings. The van der Waals surface area contributed by atoms with Crippen molar-refractivity contribution in [2.24, 2.45) is 0 Å². The fourth-order valence-electron chi connectivity index (χ4n) is 2.05. The summed E-state index contributed by atoms with van der Waals surface area (Å²) in [6, 6.07) is 20.1. The first-order valence-electron chi connectivity index (χ1n) is 6.29. The predicted molar refractivity (Wildman–Crippen MR) is 80.3 cm³/mol. The van der Waals surface area contributed by atoms with Gasteiger partial charge in [-0.05, 0) is 12.1 Å². The molecule has 2 aromatic carbocycles. The number of pyridine rings is 1. The summed E-state index contributed by atoms with van der Waals surface area (Å²) >= 11 is 0. The van der Waals surface area contributed by atoms with Gasteiger partial charge in [0.05, 0.1) is 5.52 Å². The second kappa shape index (κ2) is 5.05. The molecule has 0 spiro atoms. The molecule has 0 radical (unpaired) electrons. The molecule has 0 fully saturated rings. The van der Waals surface area contributed by atoms with Gasteiger partial charge < -0.3 is 10.2 Å². The Morgan fingerprint density at radius 2 is 1.40 bits per heavy atom. The lowest BCUT2D eigenvalue weighted by Crippen LogP contribution is -1.94. The van der Waals surface area contributed by atoms with Gasteiger partial charge in [0, 0.05) is 10.9 Å². The summed E-state index contributed by atoms with van der Waals surface area (Å²) in [7, 11) is 0. The fraction of sp³-hybridized carbons (Fsp3) is 0. The highest BCUT2D eigenvalue weighted by Gasteiger charge is 2.10. The zero-order valence-corrected chi connectivity index (χ0v) is 10.7. The van der Waals surface area contributed by atoms with Crippen LogP contribution in [-0.4, -0.2) is 15.2 Å². The van der Waals surface area contributed by atoms with Crippen molar-refractivity contribution in [3.05, 3.63) is 78.0 Å². The predicted octanol–water partition coefficient (Wildman–Crippen LogP) is 4.18. The van der Waals surface area contributed by atoms with Crippen LogP contribution in [0.4, 0.5) is 0 Å². The largest absolute Gasteiger partial charge is 0.504 e. The van der Waals surface area contributed by atoms with Gasteiger partial charge in [0.15, 0.2) is 11.5 Å². The van der Waals surface area contributed by atoms with Gasteiger partial charge in [-0.1, -0.05) is 54.6 Å². The Morgan fingerprint density at radius 3 is 2.20 bits per heavy atom. The van der Waals surface area contributed by atoms with Crippen LogP contribution in [0.15, 0.2) is 66.7 Å². The molecule has 0 amide bonds. The molecule has 3 nitrogen and oxygen atoms in total. The van der Waals surface area contributed by atoms with E-state index in [0.29, 0.717) is 11.3 Å². The monoisotopic (exact) mass is 263 g/mol. The maximum atomic E-state index is 10.2. The first-order chi connectivity index (χ1) is 9.75. The first-order valence-corrected chi connectivity index (χ1v) is 6.29. The van der Waals surface area contributed by atoms with Crippen LogP contribution >= 0.6 is 0 Å². The number of aromatic nitrogens is 1. The van der Waals surface area contributed by atoms with Gasteiger partial charge in [0.25, 0.3) is 0 Å². The number of hydrogen-bond donors (Lipinski definition) is 2. The Bertz CT molecular complexity index is 779. The van der Waals surface area contributed by atoms with Gasteiger partial charge in [-0.15, -0.1) is 0 Å². The number of fused-ring (bicyclic) bond motifs is 1. The maximum Gasteiger partial charge on any atom is 0.184 e. The zero-order chi connectivity index (χ0) is 13.9. The van der Waals surface area contributed by atoms with Crippen LogP contribution < -0.4 is 0 Å². The zero-order valence-electron chi connectivity index (χ0n) is 10.7. The van der Waals surface area contributed by atoms with Crippen LogP contribution in [0.3, 0.4) is 0 Å². The van der Waals surface area contributed by atoms with E-state index < -0.39 is 0 Å². The number of aliphatic hydroxyl groups is 2. The highest BCUT2D eigenvalue weighted by molar-refractivity contribution is 5.85. The molecule has 3 aromatic rings. The van der Waals surface area contributed by atoms with Crippen LogP contribution in [0.1, 0.15) is 11.3 Å². The van der Waals surface area contributed by atoms with Gasteiger partial charge in [0.1, 0.15) is 5.69 Å². The summed E-state index contributed by atoms with van der Waals surface area (Å²) in [5.41, 5.74) is 1.68. The van der Waals surface area contributed by atoms with Crippen LogP contribution in [0.25, 0.3) is 22.4 Å². The van der Waals surface area contributed by atoms with Gasteiger partial charge >= 0.3 is 0 Å². The first kappa shape index (κ1) is 12.2. The molecule has 3 rings (SSSR count). The van der Waals surface area contributed by atoms with E-state index in [1.807, 2.05) is 36.4 Å². The Labute approximate surface area is 116 Å². The van der Waals surface area contributed by atoms with E-state index in [1.54, 1.807) is 30.3 Å². The van der Waals surface area contributed by atoms with E-state index in [9.17, 15) is 10.2 Å². The molecule has 0 saturated carbocycles. The summed E-state index contributed by atoms with van der Waals surface area (Å²) in [6.07, 6.45) is 0. The average molecular weight is 263 g/mol. The molecule has 20 heavy (non-hydrogen) atoms. The normalized spacial score (nSPS) is 12.2. The van der Waals surface area contributed by atoms with Crippen LogP contribution in [-0.2, 0) is 0 Å². The number of nitrogens with zero attached hydrogens (tertiary/aromatic N) is 1. The number of para-hydroxylation sites is 1. The Hall–Kier alpha value is -2.81. The molecular formula is C17H13NO2. The van der Waals surface area contributed by atoms with E-state index in [1.165, 1.54) is 0 Å². The van der Waals surface area contributed by atoms with E-state index >= 15 is 0 Å². The van der Waals surface area contributed by atoms with Crippen molar-refractivity contribution in [2.45, 2.75) is 0 Å². The Kier molecular flexibility index (Phi) is 3.09. The topological polar surface area (TPSA) is 53.4 Å². The van der Waals surface area contributed by atoms with Crippen molar-refractivity contribution in [2.75, 3.05) is 0 Å². The highest BCUT2D eigenvalue weighted by Crippen LogP contribution is 2.22. The maximum absolute atomic E-state index is 10.2. The molecule has 0 aliphatic heterocycles. The second-order valence-electron chi connectivity index (χ2n) is 4.45. The standard InChI is InChI=1S/C17H13NO2/c19-16(13-7-2-1-3-8-13)17(20)15-11-10-12-6-4-5-9-14(12)18-15/h1-11,19-20H. The number of rotatable bonds is 2. The molecule has 2 N–H and O–H groups in total. The minimum atomic E-state index is -0.220. The van der Waals surface area contributed by atoms with E-state index in [0.717, 1.165) is 10.9 Å².